The first kappa shape index (κ1) is 15.3. The van der Waals surface area contributed by atoms with Crippen molar-refractivity contribution in [2.45, 2.75) is 19.3 Å². The lowest BCUT2D eigenvalue weighted by atomic mass is 9.89. The van der Waals surface area contributed by atoms with Gasteiger partial charge in [-0.15, -0.1) is 11.3 Å². The van der Waals surface area contributed by atoms with E-state index >= 15 is 0 Å². The topological polar surface area (TPSA) is 46.1 Å². The normalized spacial score (nSPS) is 18.0. The predicted octanol–water partition coefficient (Wildman–Crippen LogP) is 3.79. The van der Waals surface area contributed by atoms with Gasteiger partial charge in [-0.2, -0.15) is 0 Å². The Morgan fingerprint density at radius 1 is 1.29 bits per heavy atom. The largest absolute Gasteiger partial charge is 0.338 e. The lowest BCUT2D eigenvalue weighted by molar-refractivity contribution is 0.0678. The Bertz CT molecular complexity index is 841. The van der Waals surface area contributed by atoms with Crippen LogP contribution < -0.4 is 0 Å². The van der Waals surface area contributed by atoms with Gasteiger partial charge in [0.15, 0.2) is 0 Å². The Labute approximate surface area is 145 Å². The number of piperidine rings is 1. The molecule has 122 valence electrons. The summed E-state index contributed by atoms with van der Waals surface area (Å²) in [5, 5.41) is 1.23. The van der Waals surface area contributed by atoms with Crippen LogP contribution in [0, 0.1) is 5.92 Å². The Balaban J connectivity index is 1.51. The van der Waals surface area contributed by atoms with Crippen LogP contribution in [0.15, 0.2) is 48.2 Å². The number of likely N-dealkylation sites (tertiary alicyclic amines) is 1. The standard InChI is InChI=1S/C19H19N3OS/c23-19(18-11-20-13-24-18)22-9-3-4-14(12-22)10-15-5-1-7-17-16(15)6-2-8-21-17/h1-2,5-8,11,13-14H,3-4,9-10,12H2/t14-/m1/s1. The molecule has 4 rings (SSSR count). The molecule has 24 heavy (non-hydrogen) atoms. The Hall–Kier alpha value is -2.27. The van der Waals surface area contributed by atoms with E-state index in [2.05, 4.69) is 34.2 Å². The van der Waals surface area contributed by atoms with Gasteiger partial charge in [0.05, 0.1) is 17.2 Å². The molecule has 0 aliphatic carbocycles. The molecule has 0 saturated carbocycles. The predicted molar refractivity (Wildman–Crippen MR) is 96.2 cm³/mol. The number of rotatable bonds is 3. The van der Waals surface area contributed by atoms with Crippen molar-refractivity contribution in [3.8, 4) is 0 Å². The summed E-state index contributed by atoms with van der Waals surface area (Å²) in [6.07, 6.45) is 6.74. The number of thiazole rings is 1. The van der Waals surface area contributed by atoms with Gasteiger partial charge in [0.2, 0.25) is 0 Å². The van der Waals surface area contributed by atoms with Crippen LogP contribution in [0.4, 0.5) is 0 Å². The summed E-state index contributed by atoms with van der Waals surface area (Å²) in [6, 6.07) is 10.5. The van der Waals surface area contributed by atoms with E-state index in [9.17, 15) is 4.79 Å². The van der Waals surface area contributed by atoms with Crippen LogP contribution in [0.2, 0.25) is 0 Å². The summed E-state index contributed by atoms with van der Waals surface area (Å²) < 4.78 is 0. The fourth-order valence-electron chi connectivity index (χ4n) is 3.55. The number of hydrogen-bond donors (Lipinski definition) is 0. The van der Waals surface area contributed by atoms with Gasteiger partial charge in [-0.05, 0) is 42.9 Å². The lowest BCUT2D eigenvalue weighted by Gasteiger charge is -2.32. The summed E-state index contributed by atoms with van der Waals surface area (Å²) in [7, 11) is 0. The second-order valence-corrected chi connectivity index (χ2v) is 7.20. The van der Waals surface area contributed by atoms with Crippen molar-refractivity contribution in [3.05, 3.63) is 58.7 Å². The van der Waals surface area contributed by atoms with Gasteiger partial charge in [-0.3, -0.25) is 14.8 Å². The minimum atomic E-state index is 0.127. The average Bonchev–Trinajstić information content (AvgIpc) is 3.16. The molecule has 1 fully saturated rings. The van der Waals surface area contributed by atoms with Crippen molar-refractivity contribution >= 4 is 28.1 Å². The maximum Gasteiger partial charge on any atom is 0.265 e. The minimum absolute atomic E-state index is 0.127. The van der Waals surface area contributed by atoms with Gasteiger partial charge in [0.1, 0.15) is 4.88 Å². The van der Waals surface area contributed by atoms with Crippen LogP contribution in [0.25, 0.3) is 10.9 Å². The van der Waals surface area contributed by atoms with Gasteiger partial charge >= 0.3 is 0 Å². The third-order valence-corrected chi connectivity index (χ3v) is 5.45. The summed E-state index contributed by atoms with van der Waals surface area (Å²) in [5.74, 6) is 0.628. The Morgan fingerprint density at radius 2 is 2.25 bits per heavy atom. The third-order valence-electron chi connectivity index (χ3n) is 4.69. The van der Waals surface area contributed by atoms with Crippen molar-refractivity contribution in [2.24, 2.45) is 5.92 Å². The summed E-state index contributed by atoms with van der Waals surface area (Å²) in [6.45, 7) is 1.68. The van der Waals surface area contributed by atoms with Gasteiger partial charge in [0, 0.05) is 24.7 Å². The SMILES string of the molecule is O=C(c1cncs1)N1CCC[C@H](Cc2cccc3ncccc23)C1. The second-order valence-electron chi connectivity index (χ2n) is 6.32. The van der Waals surface area contributed by atoms with Gasteiger partial charge in [0.25, 0.3) is 5.91 Å². The molecule has 1 aliphatic rings. The molecule has 1 atom stereocenters. The molecule has 3 heterocycles. The number of carbonyl (C=O) groups is 1. The highest BCUT2D eigenvalue weighted by Crippen LogP contribution is 2.26. The minimum Gasteiger partial charge on any atom is -0.338 e. The molecule has 2 aromatic heterocycles. The number of fused-ring (bicyclic) bond motifs is 1. The van der Waals surface area contributed by atoms with Crippen LogP contribution in [0.5, 0.6) is 0 Å². The Kier molecular flexibility index (Phi) is 4.26. The molecule has 5 heteroatoms. The van der Waals surface area contributed by atoms with E-state index in [1.54, 1.807) is 11.7 Å². The monoisotopic (exact) mass is 337 g/mol. The van der Waals surface area contributed by atoms with Crippen molar-refractivity contribution in [3.63, 3.8) is 0 Å². The second kappa shape index (κ2) is 6.69. The average molecular weight is 337 g/mol. The zero-order chi connectivity index (χ0) is 16.4. The van der Waals surface area contributed by atoms with Crippen LogP contribution in [0.1, 0.15) is 28.1 Å². The highest BCUT2D eigenvalue weighted by atomic mass is 32.1. The molecule has 0 radical (unpaired) electrons. The maximum atomic E-state index is 12.6. The molecule has 1 aliphatic heterocycles. The molecule has 0 N–H and O–H groups in total. The van der Waals surface area contributed by atoms with E-state index in [4.69, 9.17) is 0 Å². The third kappa shape index (κ3) is 3.04. The van der Waals surface area contributed by atoms with E-state index < -0.39 is 0 Å². The van der Waals surface area contributed by atoms with Crippen molar-refractivity contribution < 1.29 is 4.79 Å². The molecule has 1 saturated heterocycles. The van der Waals surface area contributed by atoms with Gasteiger partial charge in [-0.25, -0.2) is 0 Å². The molecule has 3 aromatic rings. The molecule has 4 nitrogen and oxygen atoms in total. The summed E-state index contributed by atoms with van der Waals surface area (Å²) in [5.41, 5.74) is 4.10. The number of nitrogens with zero attached hydrogens (tertiary/aromatic N) is 3. The quantitative estimate of drug-likeness (QED) is 0.730. The van der Waals surface area contributed by atoms with Crippen LogP contribution in [0.3, 0.4) is 0 Å². The number of carbonyl (C=O) groups excluding carboxylic acids is 1. The maximum absolute atomic E-state index is 12.6. The number of benzene rings is 1. The lowest BCUT2D eigenvalue weighted by Crippen LogP contribution is -2.40. The molecule has 1 aromatic carbocycles. The van der Waals surface area contributed by atoms with Gasteiger partial charge in [-0.1, -0.05) is 18.2 Å². The first-order chi connectivity index (χ1) is 11.8. The summed E-state index contributed by atoms with van der Waals surface area (Å²) >= 11 is 1.42. The molecular weight excluding hydrogens is 318 g/mol. The number of amides is 1. The number of aromatic nitrogens is 2. The fourth-order valence-corrected chi connectivity index (χ4v) is 4.14. The van der Waals surface area contributed by atoms with E-state index in [0.29, 0.717) is 5.92 Å². The number of hydrogen-bond acceptors (Lipinski definition) is 4. The van der Waals surface area contributed by atoms with Crippen LogP contribution in [-0.4, -0.2) is 33.9 Å². The zero-order valence-corrected chi connectivity index (χ0v) is 14.2. The highest BCUT2D eigenvalue weighted by molar-refractivity contribution is 7.11. The molecule has 0 bridgehead atoms. The van der Waals surface area contributed by atoms with E-state index in [1.165, 1.54) is 28.7 Å². The van der Waals surface area contributed by atoms with Crippen molar-refractivity contribution in [1.29, 1.82) is 0 Å². The molecule has 1 amide bonds. The zero-order valence-electron chi connectivity index (χ0n) is 13.4. The smallest absolute Gasteiger partial charge is 0.265 e. The fraction of sp³-hybridized carbons (Fsp3) is 0.316. The number of pyridine rings is 1. The van der Waals surface area contributed by atoms with E-state index in [1.807, 2.05) is 17.2 Å². The Morgan fingerprint density at radius 3 is 3.12 bits per heavy atom. The van der Waals surface area contributed by atoms with Gasteiger partial charge < -0.3 is 4.90 Å². The van der Waals surface area contributed by atoms with E-state index in [-0.39, 0.29) is 5.91 Å². The highest BCUT2D eigenvalue weighted by Gasteiger charge is 2.25. The van der Waals surface area contributed by atoms with Crippen LogP contribution >= 0.6 is 11.3 Å². The molecule has 0 spiro atoms. The first-order valence-electron chi connectivity index (χ1n) is 8.31. The van der Waals surface area contributed by atoms with Crippen molar-refractivity contribution in [1.82, 2.24) is 14.9 Å². The molecular formula is C19H19N3OS. The molecule has 0 unspecified atom stereocenters. The van der Waals surface area contributed by atoms with E-state index in [0.717, 1.165) is 36.3 Å². The first-order valence-corrected chi connectivity index (χ1v) is 9.19. The van der Waals surface area contributed by atoms with Crippen LogP contribution in [-0.2, 0) is 6.42 Å². The summed E-state index contributed by atoms with van der Waals surface area (Å²) in [4.78, 5) is 23.8. The van der Waals surface area contributed by atoms with Crippen molar-refractivity contribution in [2.75, 3.05) is 13.1 Å².